The highest BCUT2D eigenvalue weighted by Crippen LogP contribution is 2.23. The third-order valence-corrected chi connectivity index (χ3v) is 5.06. The topological polar surface area (TPSA) is 84.2 Å². The normalized spacial score (nSPS) is 16.9. The van der Waals surface area contributed by atoms with Crippen LogP contribution in [0.4, 0.5) is 0 Å². The Kier molecular flexibility index (Phi) is 6.06. The van der Waals surface area contributed by atoms with Crippen LogP contribution in [0.25, 0.3) is 0 Å². The second kappa shape index (κ2) is 8.48. The Balaban J connectivity index is 1.66. The Morgan fingerprint density at radius 3 is 2.78 bits per heavy atom. The number of carbonyl (C=O) groups excluding carboxylic acids is 1. The summed E-state index contributed by atoms with van der Waals surface area (Å²) in [5.41, 5.74) is 3.36. The highest BCUT2D eigenvalue weighted by atomic mass is 16.4. The largest absolute Gasteiger partial charge is 0.427 e. The Labute approximate surface area is 159 Å². The van der Waals surface area contributed by atoms with Gasteiger partial charge in [-0.1, -0.05) is 6.07 Å². The minimum absolute atomic E-state index is 0.0936. The lowest BCUT2D eigenvalue weighted by atomic mass is 9.95. The first-order valence-corrected chi connectivity index (χ1v) is 9.51. The maximum atomic E-state index is 12.5. The van der Waals surface area contributed by atoms with Gasteiger partial charge in [0.2, 0.25) is 0 Å². The molecule has 1 fully saturated rings. The summed E-state index contributed by atoms with van der Waals surface area (Å²) < 4.78 is 5.48. The molecule has 0 saturated carbocycles. The highest BCUT2D eigenvalue weighted by molar-refractivity contribution is 5.95. The Bertz CT molecular complexity index is 883. The molecule has 3 rings (SSSR count). The molecular weight excluding hydrogens is 342 g/mol. The van der Waals surface area contributed by atoms with Crippen LogP contribution in [-0.4, -0.2) is 30.5 Å². The van der Waals surface area contributed by atoms with E-state index in [2.05, 4.69) is 21.7 Å². The number of piperidine rings is 1. The summed E-state index contributed by atoms with van der Waals surface area (Å²) >= 11 is 0. The first-order chi connectivity index (χ1) is 13.0. The number of amides is 1. The molecule has 0 radical (unpaired) electrons. The summed E-state index contributed by atoms with van der Waals surface area (Å²) in [5.74, 6) is 0.470. The number of nitrogens with zero attached hydrogens (tertiary/aromatic N) is 1. The molecule has 3 heterocycles. The molecule has 2 aromatic rings. The maximum absolute atomic E-state index is 12.5. The zero-order chi connectivity index (χ0) is 19.4. The van der Waals surface area contributed by atoms with Crippen LogP contribution in [0.3, 0.4) is 0 Å². The van der Waals surface area contributed by atoms with E-state index in [1.807, 2.05) is 26.1 Å². The molecule has 6 heteroatoms. The van der Waals surface area contributed by atoms with Gasteiger partial charge >= 0.3 is 5.63 Å². The van der Waals surface area contributed by atoms with E-state index in [0.717, 1.165) is 42.8 Å². The zero-order valence-electron chi connectivity index (χ0n) is 16.2. The smallest absolute Gasteiger partial charge is 0.349 e. The van der Waals surface area contributed by atoms with Gasteiger partial charge in [-0.15, -0.1) is 0 Å². The van der Waals surface area contributed by atoms with Crippen molar-refractivity contribution in [2.75, 3.05) is 19.6 Å². The first-order valence-electron chi connectivity index (χ1n) is 9.51. The van der Waals surface area contributed by atoms with Crippen molar-refractivity contribution in [2.24, 2.45) is 0 Å². The van der Waals surface area contributed by atoms with Crippen LogP contribution < -0.4 is 16.3 Å². The van der Waals surface area contributed by atoms with Gasteiger partial charge in [-0.25, -0.2) is 4.79 Å². The summed E-state index contributed by atoms with van der Waals surface area (Å²) in [7, 11) is 0. The SMILES string of the molecule is Cc1cnc(CCNC(=O)c2c(C)cc(C3CCCNC3)oc2=O)c(C)c1. The third kappa shape index (κ3) is 4.63. The van der Waals surface area contributed by atoms with Crippen LogP contribution in [0.15, 0.2) is 27.5 Å². The van der Waals surface area contributed by atoms with Gasteiger partial charge in [0.1, 0.15) is 11.3 Å². The lowest BCUT2D eigenvalue weighted by Gasteiger charge is -2.22. The molecule has 6 nitrogen and oxygen atoms in total. The molecule has 1 aliphatic rings. The van der Waals surface area contributed by atoms with Crippen molar-refractivity contribution in [1.29, 1.82) is 0 Å². The van der Waals surface area contributed by atoms with Gasteiger partial charge in [-0.3, -0.25) is 9.78 Å². The minimum atomic E-state index is -0.558. The van der Waals surface area contributed by atoms with Gasteiger partial charge < -0.3 is 15.1 Å². The number of pyridine rings is 1. The number of carbonyl (C=O) groups is 1. The minimum Gasteiger partial charge on any atom is -0.427 e. The molecule has 0 aromatic carbocycles. The van der Waals surface area contributed by atoms with Crippen LogP contribution in [0, 0.1) is 20.8 Å². The predicted molar refractivity (Wildman–Crippen MR) is 104 cm³/mol. The molecule has 144 valence electrons. The first kappa shape index (κ1) is 19.3. The summed E-state index contributed by atoms with van der Waals surface area (Å²) in [6.45, 7) is 8.02. The van der Waals surface area contributed by atoms with E-state index < -0.39 is 5.63 Å². The zero-order valence-corrected chi connectivity index (χ0v) is 16.2. The quantitative estimate of drug-likeness (QED) is 0.845. The Hall–Kier alpha value is -2.47. The second-order valence-corrected chi connectivity index (χ2v) is 7.32. The Morgan fingerprint density at radius 1 is 1.30 bits per heavy atom. The van der Waals surface area contributed by atoms with E-state index in [1.54, 1.807) is 6.92 Å². The van der Waals surface area contributed by atoms with Gasteiger partial charge in [0.25, 0.3) is 5.91 Å². The lowest BCUT2D eigenvalue weighted by Crippen LogP contribution is -2.32. The molecule has 1 unspecified atom stereocenters. The molecule has 1 atom stereocenters. The molecule has 2 aromatic heterocycles. The van der Waals surface area contributed by atoms with Gasteiger partial charge in [-0.05, 0) is 62.9 Å². The fourth-order valence-electron chi connectivity index (χ4n) is 3.59. The molecule has 1 aliphatic heterocycles. The van der Waals surface area contributed by atoms with Crippen molar-refractivity contribution in [3.8, 4) is 0 Å². The summed E-state index contributed by atoms with van der Waals surface area (Å²) in [4.78, 5) is 29.3. The number of nitrogens with one attached hydrogen (secondary N) is 2. The van der Waals surface area contributed by atoms with Gasteiger partial charge in [-0.2, -0.15) is 0 Å². The fraction of sp³-hybridized carbons (Fsp3) is 0.476. The van der Waals surface area contributed by atoms with Crippen LogP contribution in [-0.2, 0) is 6.42 Å². The molecular formula is C21H27N3O3. The van der Waals surface area contributed by atoms with Gasteiger partial charge in [0.05, 0.1) is 0 Å². The van der Waals surface area contributed by atoms with Crippen LogP contribution in [0.2, 0.25) is 0 Å². The summed E-state index contributed by atoms with van der Waals surface area (Å²) in [6, 6.07) is 3.90. The molecule has 0 aliphatic carbocycles. The molecule has 1 saturated heterocycles. The number of hydrogen-bond donors (Lipinski definition) is 2. The molecule has 27 heavy (non-hydrogen) atoms. The summed E-state index contributed by atoms with van der Waals surface area (Å²) in [5, 5.41) is 6.13. The lowest BCUT2D eigenvalue weighted by molar-refractivity contribution is 0.0948. The van der Waals surface area contributed by atoms with E-state index >= 15 is 0 Å². The van der Waals surface area contributed by atoms with Crippen molar-refractivity contribution >= 4 is 5.91 Å². The molecule has 2 N–H and O–H groups in total. The van der Waals surface area contributed by atoms with Crippen LogP contribution in [0.5, 0.6) is 0 Å². The van der Waals surface area contributed by atoms with Crippen LogP contribution >= 0.6 is 0 Å². The fourth-order valence-corrected chi connectivity index (χ4v) is 3.59. The second-order valence-electron chi connectivity index (χ2n) is 7.32. The maximum Gasteiger partial charge on any atom is 0.349 e. The van der Waals surface area contributed by atoms with Crippen molar-refractivity contribution in [3.63, 3.8) is 0 Å². The average molecular weight is 369 g/mol. The van der Waals surface area contributed by atoms with Crippen molar-refractivity contribution in [2.45, 2.75) is 46.0 Å². The molecule has 0 bridgehead atoms. The van der Waals surface area contributed by atoms with Gasteiger partial charge in [0, 0.05) is 37.3 Å². The van der Waals surface area contributed by atoms with E-state index in [0.29, 0.717) is 24.3 Å². The summed E-state index contributed by atoms with van der Waals surface area (Å²) in [6.07, 6.45) is 4.49. The third-order valence-electron chi connectivity index (χ3n) is 5.06. The predicted octanol–water partition coefficient (Wildman–Crippen LogP) is 2.40. The number of aromatic nitrogens is 1. The number of aryl methyl sites for hydroxylation is 3. The van der Waals surface area contributed by atoms with E-state index in [4.69, 9.17) is 4.42 Å². The average Bonchev–Trinajstić information content (AvgIpc) is 2.63. The number of rotatable bonds is 5. The van der Waals surface area contributed by atoms with E-state index in [9.17, 15) is 9.59 Å². The number of hydrogen-bond acceptors (Lipinski definition) is 5. The molecule has 0 spiro atoms. The van der Waals surface area contributed by atoms with E-state index in [1.165, 1.54) is 0 Å². The van der Waals surface area contributed by atoms with Gasteiger partial charge in [0.15, 0.2) is 0 Å². The van der Waals surface area contributed by atoms with Crippen molar-refractivity contribution in [1.82, 2.24) is 15.6 Å². The standard InChI is InChI=1S/C21H27N3O3/c1-13-9-14(2)17(24-11-13)6-8-23-20(25)19-15(3)10-18(27-21(19)26)16-5-4-7-22-12-16/h9-11,16,22H,4-8,12H2,1-3H3,(H,23,25). The Morgan fingerprint density at radius 2 is 2.11 bits per heavy atom. The van der Waals surface area contributed by atoms with Crippen molar-refractivity contribution in [3.05, 3.63) is 62.5 Å². The molecule has 1 amide bonds. The van der Waals surface area contributed by atoms with E-state index in [-0.39, 0.29) is 17.4 Å². The van der Waals surface area contributed by atoms with Crippen molar-refractivity contribution < 1.29 is 9.21 Å². The highest BCUT2D eigenvalue weighted by Gasteiger charge is 2.22. The van der Waals surface area contributed by atoms with Crippen LogP contribution in [0.1, 0.15) is 57.3 Å². The monoisotopic (exact) mass is 369 g/mol.